The molecule has 2 aromatic heterocycles. The molecule has 0 aliphatic heterocycles. The highest BCUT2D eigenvalue weighted by molar-refractivity contribution is 5.97. The van der Waals surface area contributed by atoms with E-state index in [1.165, 1.54) is 6.20 Å². The van der Waals surface area contributed by atoms with Crippen molar-refractivity contribution in [3.8, 4) is 5.75 Å². The fourth-order valence-electron chi connectivity index (χ4n) is 2.65. The number of hydrogen-bond donors (Lipinski definition) is 2. The van der Waals surface area contributed by atoms with Crippen LogP contribution in [-0.2, 0) is 6.42 Å². The number of nitrogens with one attached hydrogen (secondary N) is 1. The molecule has 0 saturated carbocycles. The van der Waals surface area contributed by atoms with Crippen LogP contribution in [0.2, 0.25) is 0 Å². The van der Waals surface area contributed by atoms with E-state index in [0.29, 0.717) is 17.8 Å². The van der Waals surface area contributed by atoms with Gasteiger partial charge < -0.3 is 14.9 Å². The van der Waals surface area contributed by atoms with Crippen molar-refractivity contribution in [1.82, 2.24) is 15.5 Å². The third kappa shape index (κ3) is 3.96. The summed E-state index contributed by atoms with van der Waals surface area (Å²) in [6.07, 6.45) is 3.16. The van der Waals surface area contributed by atoms with Crippen LogP contribution < -0.4 is 5.32 Å². The van der Waals surface area contributed by atoms with Crippen molar-refractivity contribution in [2.75, 3.05) is 6.54 Å². The lowest BCUT2D eigenvalue weighted by atomic mass is 10.1. The normalized spacial score (nSPS) is 11.2. The molecular weight excluding hydrogens is 318 g/mol. The number of pyridine rings is 1. The Kier molecular flexibility index (Phi) is 4.97. The zero-order valence-corrected chi connectivity index (χ0v) is 14.3. The average Bonchev–Trinajstić information content (AvgIpc) is 3.03. The van der Waals surface area contributed by atoms with Crippen molar-refractivity contribution in [3.63, 3.8) is 0 Å². The lowest BCUT2D eigenvalue weighted by molar-refractivity contribution is 0.0953. The van der Waals surface area contributed by atoms with Crippen LogP contribution in [0.25, 0.3) is 11.1 Å². The van der Waals surface area contributed by atoms with Gasteiger partial charge in [0, 0.05) is 12.7 Å². The topological polar surface area (TPSA) is 88.2 Å². The fraction of sp³-hybridized carbons (Fsp3) is 0.316. The first kappa shape index (κ1) is 17.0. The van der Waals surface area contributed by atoms with E-state index < -0.39 is 0 Å². The molecule has 6 heteroatoms. The number of phenols is 1. The predicted octanol–water partition coefficient (Wildman–Crippen LogP) is 3.41. The molecule has 3 aromatic rings. The van der Waals surface area contributed by atoms with Gasteiger partial charge in [-0.1, -0.05) is 31.1 Å². The summed E-state index contributed by atoms with van der Waals surface area (Å²) in [7, 11) is 0. The van der Waals surface area contributed by atoms with Gasteiger partial charge >= 0.3 is 0 Å². The Morgan fingerprint density at radius 2 is 2.04 bits per heavy atom. The van der Waals surface area contributed by atoms with Crippen molar-refractivity contribution in [3.05, 3.63) is 53.3 Å². The highest BCUT2D eigenvalue weighted by Gasteiger charge is 2.15. The molecule has 2 N–H and O–H groups in total. The van der Waals surface area contributed by atoms with Gasteiger partial charge in [-0.05, 0) is 42.5 Å². The van der Waals surface area contributed by atoms with E-state index in [9.17, 15) is 9.90 Å². The second-order valence-electron chi connectivity index (χ2n) is 6.33. The van der Waals surface area contributed by atoms with E-state index >= 15 is 0 Å². The molecule has 1 aromatic carbocycles. The summed E-state index contributed by atoms with van der Waals surface area (Å²) in [5.41, 5.74) is 2.89. The van der Waals surface area contributed by atoms with Crippen molar-refractivity contribution in [2.24, 2.45) is 0 Å². The van der Waals surface area contributed by atoms with Gasteiger partial charge in [0.15, 0.2) is 0 Å². The van der Waals surface area contributed by atoms with E-state index in [0.717, 1.165) is 29.5 Å². The molecule has 0 fully saturated rings. The SMILES string of the molecule is CC(C)c1noc2ncc(C(=O)NCCCc3ccc(O)cc3)cc12. The molecule has 0 aliphatic carbocycles. The van der Waals surface area contributed by atoms with Crippen molar-refractivity contribution >= 4 is 17.0 Å². The highest BCUT2D eigenvalue weighted by Crippen LogP contribution is 2.24. The molecule has 0 saturated heterocycles. The second kappa shape index (κ2) is 7.34. The lowest BCUT2D eigenvalue weighted by Crippen LogP contribution is -2.24. The van der Waals surface area contributed by atoms with Crippen molar-refractivity contribution in [2.45, 2.75) is 32.6 Å². The van der Waals surface area contributed by atoms with E-state index in [4.69, 9.17) is 4.52 Å². The summed E-state index contributed by atoms with van der Waals surface area (Å²) in [5, 5.41) is 17.0. The lowest BCUT2D eigenvalue weighted by Gasteiger charge is -2.06. The Balaban J connectivity index is 1.58. The molecule has 6 nitrogen and oxygen atoms in total. The minimum absolute atomic E-state index is 0.156. The van der Waals surface area contributed by atoms with Crippen molar-refractivity contribution < 1.29 is 14.4 Å². The summed E-state index contributed by atoms with van der Waals surface area (Å²) in [6.45, 7) is 4.61. The molecule has 3 rings (SSSR count). The third-order valence-corrected chi connectivity index (χ3v) is 4.03. The number of benzene rings is 1. The van der Waals surface area contributed by atoms with Crippen LogP contribution in [-0.4, -0.2) is 27.7 Å². The van der Waals surface area contributed by atoms with E-state index in [1.54, 1.807) is 18.2 Å². The van der Waals surface area contributed by atoms with Crippen LogP contribution in [0, 0.1) is 0 Å². The van der Waals surface area contributed by atoms with Gasteiger partial charge in [0.1, 0.15) is 5.75 Å². The molecule has 0 radical (unpaired) electrons. The maximum Gasteiger partial charge on any atom is 0.257 e. The summed E-state index contributed by atoms with van der Waals surface area (Å²) in [6, 6.07) is 8.88. The van der Waals surface area contributed by atoms with Gasteiger partial charge in [-0.3, -0.25) is 4.79 Å². The number of rotatable bonds is 6. The van der Waals surface area contributed by atoms with Crippen LogP contribution in [0.15, 0.2) is 41.1 Å². The molecule has 0 bridgehead atoms. The number of nitrogens with zero attached hydrogens (tertiary/aromatic N) is 2. The number of phenolic OH excluding ortho intramolecular Hbond substituents is 1. The Hall–Kier alpha value is -2.89. The predicted molar refractivity (Wildman–Crippen MR) is 94.7 cm³/mol. The highest BCUT2D eigenvalue weighted by atomic mass is 16.5. The van der Waals surface area contributed by atoms with Crippen LogP contribution in [0.3, 0.4) is 0 Å². The number of carbonyl (C=O) groups excluding carboxylic acids is 1. The maximum absolute atomic E-state index is 12.3. The average molecular weight is 339 g/mol. The van der Waals surface area contributed by atoms with E-state index in [2.05, 4.69) is 15.5 Å². The molecule has 25 heavy (non-hydrogen) atoms. The van der Waals surface area contributed by atoms with Crippen LogP contribution in [0.5, 0.6) is 5.75 Å². The van der Waals surface area contributed by atoms with Gasteiger partial charge in [0.2, 0.25) is 0 Å². The first-order valence-electron chi connectivity index (χ1n) is 8.36. The zero-order chi connectivity index (χ0) is 17.8. The van der Waals surface area contributed by atoms with Gasteiger partial charge in [-0.15, -0.1) is 0 Å². The van der Waals surface area contributed by atoms with Crippen LogP contribution in [0.4, 0.5) is 0 Å². The van der Waals surface area contributed by atoms with Gasteiger partial charge in [0.25, 0.3) is 11.6 Å². The molecular formula is C19H21N3O3. The Morgan fingerprint density at radius 3 is 2.76 bits per heavy atom. The number of amides is 1. The molecule has 0 atom stereocenters. The quantitative estimate of drug-likeness (QED) is 0.672. The molecule has 130 valence electrons. The minimum atomic E-state index is -0.156. The number of aromatic nitrogens is 2. The molecule has 0 unspecified atom stereocenters. The summed E-state index contributed by atoms with van der Waals surface area (Å²) in [4.78, 5) is 16.5. The number of hydrogen-bond acceptors (Lipinski definition) is 5. The number of aromatic hydroxyl groups is 1. The summed E-state index contributed by atoms with van der Waals surface area (Å²) in [5.74, 6) is 0.303. The van der Waals surface area contributed by atoms with E-state index in [1.807, 2.05) is 26.0 Å². The maximum atomic E-state index is 12.3. The summed E-state index contributed by atoms with van der Waals surface area (Å²) < 4.78 is 5.19. The fourth-order valence-corrected chi connectivity index (χ4v) is 2.65. The van der Waals surface area contributed by atoms with Crippen LogP contribution in [0.1, 0.15) is 47.8 Å². The molecule has 2 heterocycles. The smallest absolute Gasteiger partial charge is 0.257 e. The monoisotopic (exact) mass is 339 g/mol. The van der Waals surface area contributed by atoms with Crippen LogP contribution >= 0.6 is 0 Å². The zero-order valence-electron chi connectivity index (χ0n) is 14.3. The Labute approximate surface area is 145 Å². The Morgan fingerprint density at radius 1 is 1.28 bits per heavy atom. The van der Waals surface area contributed by atoms with E-state index in [-0.39, 0.29) is 17.6 Å². The van der Waals surface area contributed by atoms with Gasteiger partial charge in [-0.2, -0.15) is 0 Å². The molecule has 1 amide bonds. The second-order valence-corrected chi connectivity index (χ2v) is 6.33. The van der Waals surface area contributed by atoms with Gasteiger partial charge in [0.05, 0.1) is 16.6 Å². The van der Waals surface area contributed by atoms with Gasteiger partial charge in [-0.25, -0.2) is 4.98 Å². The number of fused-ring (bicyclic) bond motifs is 1. The molecule has 0 spiro atoms. The Bertz CT molecular complexity index is 869. The third-order valence-electron chi connectivity index (χ3n) is 4.03. The largest absolute Gasteiger partial charge is 0.508 e. The summed E-state index contributed by atoms with van der Waals surface area (Å²) >= 11 is 0. The minimum Gasteiger partial charge on any atom is -0.508 e. The number of carbonyl (C=O) groups is 1. The standard InChI is InChI=1S/C19H21N3O3/c1-12(2)17-16-10-14(11-21-19(16)25-22-17)18(24)20-9-3-4-13-5-7-15(23)8-6-13/h5-8,10-12,23H,3-4,9H2,1-2H3,(H,20,24). The van der Waals surface area contributed by atoms with Crippen molar-refractivity contribution in [1.29, 1.82) is 0 Å². The first-order valence-corrected chi connectivity index (χ1v) is 8.36. The molecule has 0 aliphatic rings. The first-order chi connectivity index (χ1) is 12.0. The number of aryl methyl sites for hydroxylation is 1.